The summed E-state index contributed by atoms with van der Waals surface area (Å²) >= 11 is 0. The van der Waals surface area contributed by atoms with E-state index in [-0.39, 0.29) is 88.9 Å². The van der Waals surface area contributed by atoms with Crippen molar-refractivity contribution in [3.05, 3.63) is 283 Å². The molecule has 4 fully saturated rings. The molecule has 0 saturated heterocycles. The summed E-state index contributed by atoms with van der Waals surface area (Å²) in [6.07, 6.45) is 14.0. The van der Waals surface area contributed by atoms with Gasteiger partial charge in [0.1, 0.15) is 62.3 Å². The van der Waals surface area contributed by atoms with Gasteiger partial charge in [0.15, 0.2) is 17.4 Å². The highest BCUT2D eigenvalue weighted by Crippen LogP contribution is 2.47. The first-order valence-corrected chi connectivity index (χ1v) is 47.9. The highest BCUT2D eigenvalue weighted by atomic mass is 19.3. The Balaban J connectivity index is 0.000000123. The minimum absolute atomic E-state index is 0.00773. The monoisotopic (exact) mass is 1880 g/mol. The van der Waals surface area contributed by atoms with Crippen molar-refractivity contribution in [1.29, 1.82) is 5.41 Å². The minimum atomic E-state index is -3.69. The number of rotatable bonds is 26. The van der Waals surface area contributed by atoms with Crippen LogP contribution in [0, 0.1) is 17.1 Å². The molecule has 0 bridgehead atoms. The number of aryl methyl sites for hydroxylation is 2. The van der Waals surface area contributed by atoms with Crippen LogP contribution in [0.2, 0.25) is 0 Å². The number of aromatic nitrogens is 6. The first-order chi connectivity index (χ1) is 66.9. The summed E-state index contributed by atoms with van der Waals surface area (Å²) in [6.45, 7) is 13.2. The maximum absolute atomic E-state index is 14.6. The number of nitrogens with one attached hydrogen (secondary N) is 6. The maximum atomic E-state index is 14.6. The molecule has 139 heavy (non-hydrogen) atoms. The summed E-state index contributed by atoms with van der Waals surface area (Å²) < 4.78 is 49.0. The number of anilines is 7. The van der Waals surface area contributed by atoms with Gasteiger partial charge in [-0.2, -0.15) is 19.0 Å². The maximum Gasteiger partial charge on any atom is 0.307 e. The average Bonchev–Trinajstić information content (AvgIpc) is 1.55. The Morgan fingerprint density at radius 2 is 1.05 bits per heavy atom. The van der Waals surface area contributed by atoms with Gasteiger partial charge in [0.2, 0.25) is 29.3 Å². The first kappa shape index (κ1) is 94.5. The van der Waals surface area contributed by atoms with E-state index < -0.39 is 29.0 Å². The van der Waals surface area contributed by atoms with Crippen LogP contribution in [-0.4, -0.2) is 203 Å². The molecule has 34 heteroatoms. The second-order valence-electron chi connectivity index (χ2n) is 38.0. The van der Waals surface area contributed by atoms with Crippen molar-refractivity contribution < 1.29 is 37.1 Å². The SMILES string of the molecule is C=C(C)c1ccc(CCN/C(Nc2ccccc2)=c2/c(=O)n(C)c3n(c2=N)[C@H]2CCC[C@H]2N=3)cc1.CC(=O)c1ccc(CCn2nc(Nc3ccccc3)c3c2N2C(=N[C@@H]4CCC[C@@H]42)N(C)C3=O)cc1.CC(CN(C)C)Cn1nc(Nc2ccccc2)c2c1N1C(=N[C@@H]3CCCC31)N(C)C2=O.CN1C(=O)C(C(N)=Nc2ccccc2)=C(NCc2ccc(C(=O)C(C)(F)F)c(F)c2)N2C1=N[C@@H]1CCC[C@@H]12. The van der Waals surface area contributed by atoms with Gasteiger partial charge in [-0.05, 0) is 207 Å². The smallest absolute Gasteiger partial charge is 0.307 e. The van der Waals surface area contributed by atoms with E-state index >= 15 is 0 Å². The van der Waals surface area contributed by atoms with Gasteiger partial charge in [-0.15, -0.1) is 0 Å². The number of alkyl halides is 2. The molecule has 10 aromatic rings. The predicted octanol–water partition coefficient (Wildman–Crippen LogP) is 13.4. The van der Waals surface area contributed by atoms with E-state index in [4.69, 9.17) is 41.3 Å². The Morgan fingerprint density at radius 3 is 1.57 bits per heavy atom. The molecule has 0 spiro atoms. The zero-order valence-electron chi connectivity index (χ0n) is 79.9. The van der Waals surface area contributed by atoms with Crippen LogP contribution in [0.1, 0.15) is 174 Å². The number of halogens is 3. The van der Waals surface area contributed by atoms with E-state index in [0.29, 0.717) is 100.0 Å². The number of Topliss-reactive ketones (excluding diaryl/α,β-unsaturated/α-hetero) is 2. The lowest BCUT2D eigenvalue weighted by molar-refractivity contribution is -0.123. The number of carbonyl (C=O) groups is 5. The average molecular weight is 1880 g/mol. The van der Waals surface area contributed by atoms with Crippen LogP contribution in [0.25, 0.3) is 11.4 Å². The van der Waals surface area contributed by atoms with Crippen molar-refractivity contribution in [3.63, 3.8) is 0 Å². The van der Waals surface area contributed by atoms with Crippen LogP contribution >= 0.6 is 0 Å². The number of fused-ring (bicyclic) bond motifs is 16. The van der Waals surface area contributed by atoms with E-state index in [1.807, 2.05) is 154 Å². The van der Waals surface area contributed by atoms with E-state index in [1.54, 1.807) is 66.7 Å². The molecule has 7 aromatic carbocycles. The molecule has 10 heterocycles. The topological polar surface area (TPSA) is 342 Å². The number of hydrogen-bond acceptors (Lipinski definition) is 23. The normalized spacial score (nSPS) is 20.9. The molecule has 4 saturated carbocycles. The zero-order valence-corrected chi connectivity index (χ0v) is 79.9. The van der Waals surface area contributed by atoms with Crippen molar-refractivity contribution in [2.24, 2.45) is 43.7 Å². The number of amidine groups is 1. The van der Waals surface area contributed by atoms with Crippen molar-refractivity contribution >= 4 is 110 Å². The second kappa shape index (κ2) is 39.7. The highest BCUT2D eigenvalue weighted by molar-refractivity contribution is 6.26. The van der Waals surface area contributed by atoms with Gasteiger partial charge in [0.05, 0.1) is 59.6 Å². The molecular formula is C105H118F3N25O6. The van der Waals surface area contributed by atoms with Gasteiger partial charge >= 0.3 is 5.92 Å². The third-order valence-electron chi connectivity index (χ3n) is 27.7. The quantitative estimate of drug-likeness (QED) is 0.0150. The molecule has 11 aliphatic rings. The standard InChI is InChI=1S/C28H32N6O.C27H27F3N6O2.C27H28N6O2.C23H31N7O/c1-18(2)20-14-12-19(13-15-20)16-17-30-26(31-21-8-5-4-6-9-21)24-25(29)34-23-11-7-10-22(23)32-28(34)33(3)27(24)35;1-27(29,30)22(37)17-12-11-15(13-18(17)28)14-32-24-21(23(31)33-16-7-4-3-5-8-16)25(38)35(2)26-34-19-9-6-10-20(19)36(24)26;1-17(34)19-13-11-18(12-14-19)15-16-32-25-23(24(30-32)28-20-7-4-3-5-8-20)26(35)31(2)27-29-21-9-6-10-22(21)33(25)27;1-15(13-27(2)3)14-29-21-19(20(26-29)24-16-9-6-5-7-10-16)22(31)28(4)23-25-17-11-8-12-18(17)30(21)23/h4-6,8-9,12-15,22-23,29-31H,1,7,10-11,16-17H2,2-3H3;3-5,7-8,11-13,19-20,32H,6,9-10,14H2,1-2H3,(H2,31,33);3-5,7-8,11-14,21-22H,6,9-10,15-16H2,1-2H3,(H,28,30);5-7,9-10,15,17-18H,8,11-14H2,1-4H3,(H,24,26)/b26-24-,29-25?;;;/t22-,23+;19-,20+;21-,22+;15?,17-,18?/m1111/s1. The first-order valence-electron chi connectivity index (χ1n) is 47.9. The Morgan fingerprint density at radius 1 is 0.583 bits per heavy atom. The summed E-state index contributed by atoms with van der Waals surface area (Å²) in [4.78, 5) is 115. The predicted molar refractivity (Wildman–Crippen MR) is 534 cm³/mol. The fourth-order valence-electron chi connectivity index (χ4n) is 20.9. The van der Waals surface area contributed by atoms with Gasteiger partial charge in [-0.1, -0.05) is 146 Å². The van der Waals surface area contributed by atoms with Crippen LogP contribution in [0.5, 0.6) is 0 Å². The van der Waals surface area contributed by atoms with Crippen molar-refractivity contribution in [2.75, 3.05) is 74.1 Å². The molecule has 9 atom stereocenters. The number of para-hydroxylation sites is 4. The molecular weight excluding hydrogens is 1760 g/mol. The van der Waals surface area contributed by atoms with Gasteiger partial charge in [0.25, 0.3) is 23.3 Å². The van der Waals surface area contributed by atoms with Gasteiger partial charge in [-0.3, -0.25) is 72.7 Å². The molecule has 2 unspecified atom stereocenters. The summed E-state index contributed by atoms with van der Waals surface area (Å²) in [5, 5.41) is 36.1. The van der Waals surface area contributed by atoms with Crippen molar-refractivity contribution in [1.82, 2.24) is 63.8 Å². The Kier molecular flexibility index (Phi) is 27.0. The van der Waals surface area contributed by atoms with E-state index in [0.717, 1.165) is 166 Å². The summed E-state index contributed by atoms with van der Waals surface area (Å²) in [7, 11) is 11.2. The molecule has 3 aromatic heterocycles. The molecule has 7 aliphatic heterocycles. The lowest BCUT2D eigenvalue weighted by Crippen LogP contribution is -2.59. The molecule has 31 nitrogen and oxygen atoms in total. The molecule has 8 N–H and O–H groups in total. The van der Waals surface area contributed by atoms with E-state index in [9.17, 15) is 41.9 Å². The van der Waals surface area contributed by atoms with Crippen LogP contribution in [-0.2, 0) is 44.3 Å². The van der Waals surface area contributed by atoms with Crippen LogP contribution in [0.4, 0.5) is 59.2 Å². The number of aliphatic imine (C=N–C) groups is 4. The summed E-state index contributed by atoms with van der Waals surface area (Å²) in [5.41, 5.74) is 16.5. The van der Waals surface area contributed by atoms with E-state index in [1.165, 1.54) is 23.0 Å². The lowest BCUT2D eigenvalue weighted by Gasteiger charge is -2.38. The third-order valence-corrected chi connectivity index (χ3v) is 27.7. The zero-order chi connectivity index (χ0) is 97.5. The number of likely N-dealkylation sites (N-methyl/N-ethyl adjacent to an activating group) is 1. The fourth-order valence-corrected chi connectivity index (χ4v) is 20.9. The van der Waals surface area contributed by atoms with Crippen LogP contribution in [0.3, 0.4) is 0 Å². The molecule has 4 aliphatic carbocycles. The number of nitrogens with two attached hydrogens (primary N) is 1. The van der Waals surface area contributed by atoms with Crippen LogP contribution in [0.15, 0.2) is 236 Å². The van der Waals surface area contributed by atoms with Crippen molar-refractivity contribution in [2.45, 2.75) is 191 Å². The van der Waals surface area contributed by atoms with Crippen molar-refractivity contribution in [3.8, 4) is 0 Å². The largest absolute Gasteiger partial charge is 0.383 e. The lowest BCUT2D eigenvalue weighted by atomic mass is 10.0. The highest BCUT2D eigenvalue weighted by Gasteiger charge is 2.53. The second-order valence-corrected chi connectivity index (χ2v) is 38.0. The number of hydrogen-bond donors (Lipinski definition) is 7. The number of carbonyl (C=O) groups excluding carboxylic acids is 5. The van der Waals surface area contributed by atoms with Crippen LogP contribution < -0.4 is 64.0 Å². The Hall–Kier alpha value is -14.8. The minimum Gasteiger partial charge on any atom is -0.383 e. The number of guanidine groups is 3. The molecule has 21 rings (SSSR count). The number of allylic oxidation sites excluding steroid dienone is 1. The number of ketones is 2. The Bertz CT molecular complexity index is 6850. The number of nitrogens with zero attached hydrogens (tertiary/aromatic N) is 18. The van der Waals surface area contributed by atoms with Gasteiger partial charge in [0, 0.05) is 90.5 Å². The van der Waals surface area contributed by atoms with E-state index in [2.05, 4.69) is 98.1 Å². The number of amides is 3. The molecule has 0 radical (unpaired) electrons. The Labute approximate surface area is 804 Å². The van der Waals surface area contributed by atoms with Gasteiger partial charge < -0.3 is 37.2 Å². The summed E-state index contributed by atoms with van der Waals surface area (Å²) in [6, 6.07) is 59.5. The van der Waals surface area contributed by atoms with Gasteiger partial charge in [-0.25, -0.2) is 38.7 Å². The third kappa shape index (κ3) is 19.0. The summed E-state index contributed by atoms with van der Waals surface area (Å²) in [5.74, 6) is -0.508. The molecule has 3 amide bonds. The fraction of sp³-hybridized carbons (Fsp3) is 0.371. The number of benzene rings is 7. The molecule has 720 valence electrons.